The van der Waals surface area contributed by atoms with Crippen LogP contribution >= 0.6 is 0 Å². The average molecular weight is 373 g/mol. The van der Waals surface area contributed by atoms with E-state index in [-0.39, 0.29) is 6.10 Å². The predicted molar refractivity (Wildman–Crippen MR) is 102 cm³/mol. The quantitative estimate of drug-likeness (QED) is 0.440. The molecule has 5 saturated carbocycles. The lowest BCUT2D eigenvalue weighted by Crippen LogP contribution is -2.60. The molecule has 1 aromatic rings. The van der Waals surface area contributed by atoms with Crippen molar-refractivity contribution in [1.29, 1.82) is 0 Å². The average Bonchev–Trinajstić information content (AvgIpc) is 2.68. The first-order valence-corrected chi connectivity index (χ1v) is 10.9. The lowest BCUT2D eigenvalue weighted by Gasteiger charge is -2.58. The summed E-state index contributed by atoms with van der Waals surface area (Å²) in [5.41, 5.74) is 1.08. The van der Waals surface area contributed by atoms with Gasteiger partial charge in [-0.25, -0.2) is 9.78 Å². The molecule has 0 saturated heterocycles. The van der Waals surface area contributed by atoms with Crippen molar-refractivity contribution >= 4 is 0 Å². The van der Waals surface area contributed by atoms with Crippen molar-refractivity contribution in [1.82, 2.24) is 0 Å². The standard InChI is InChI=1S/C23H32O4/c1-25-23(18-11-15-10-16(13-18)14-19(23)12-15)27-26-20-8-6-17(7-9-20)21-4-2-3-5-22(21)24/h2-5,15-20,24H,6-14H2,1H3/t15?,16?,17-,18?,19?,20+,23?. The molecule has 1 N–H and O–H groups in total. The highest BCUT2D eigenvalue weighted by Gasteiger charge is 2.60. The molecule has 5 fully saturated rings. The van der Waals surface area contributed by atoms with Gasteiger partial charge in [0.05, 0.1) is 6.10 Å². The van der Waals surface area contributed by atoms with Crippen molar-refractivity contribution in [2.24, 2.45) is 23.7 Å². The Morgan fingerprint density at radius 2 is 1.52 bits per heavy atom. The fourth-order valence-corrected chi connectivity index (χ4v) is 6.79. The van der Waals surface area contributed by atoms with Gasteiger partial charge in [-0.15, -0.1) is 0 Å². The first-order chi connectivity index (χ1) is 13.2. The molecule has 1 aromatic carbocycles. The van der Waals surface area contributed by atoms with Gasteiger partial charge in [0.1, 0.15) is 5.75 Å². The van der Waals surface area contributed by atoms with Crippen LogP contribution in [0.5, 0.6) is 5.75 Å². The molecule has 0 aromatic heterocycles. The zero-order valence-corrected chi connectivity index (χ0v) is 16.3. The van der Waals surface area contributed by atoms with Crippen molar-refractivity contribution in [2.45, 2.75) is 75.6 Å². The highest BCUT2D eigenvalue weighted by atomic mass is 17.2. The summed E-state index contributed by atoms with van der Waals surface area (Å²) >= 11 is 0. The molecule has 0 amide bonds. The van der Waals surface area contributed by atoms with Crippen LogP contribution in [0.25, 0.3) is 0 Å². The number of hydrogen-bond donors (Lipinski definition) is 1. The Morgan fingerprint density at radius 3 is 2.11 bits per heavy atom. The Bertz CT molecular complexity index is 636. The third kappa shape index (κ3) is 3.10. The van der Waals surface area contributed by atoms with E-state index >= 15 is 0 Å². The second-order valence-corrected chi connectivity index (χ2v) is 9.44. The Kier molecular flexibility index (Phi) is 4.69. The number of phenolic OH excluding ortho intramolecular Hbond substituents is 1. The molecule has 6 rings (SSSR count). The maximum Gasteiger partial charge on any atom is 0.207 e. The molecule has 148 valence electrons. The molecule has 0 atom stereocenters. The van der Waals surface area contributed by atoms with Gasteiger partial charge in [-0.05, 0) is 87.2 Å². The van der Waals surface area contributed by atoms with Crippen LogP contribution in [0.3, 0.4) is 0 Å². The molecular formula is C23H32O4. The monoisotopic (exact) mass is 372 g/mol. The first-order valence-electron chi connectivity index (χ1n) is 10.9. The lowest BCUT2D eigenvalue weighted by atomic mass is 9.53. The van der Waals surface area contributed by atoms with E-state index in [0.29, 0.717) is 23.5 Å². The fraction of sp³-hybridized carbons (Fsp3) is 0.739. The second-order valence-electron chi connectivity index (χ2n) is 9.44. The highest BCUT2D eigenvalue weighted by Crippen LogP contribution is 2.60. The normalized spacial score (nSPS) is 43.1. The summed E-state index contributed by atoms with van der Waals surface area (Å²) < 4.78 is 6.03. The molecule has 5 aliphatic carbocycles. The summed E-state index contributed by atoms with van der Waals surface area (Å²) in [6.45, 7) is 0. The SMILES string of the molecule is COC1(OO[C@H]2CC[C@@H](c3ccccc3O)CC2)C2CC3CC(C2)CC1C3. The van der Waals surface area contributed by atoms with Crippen molar-refractivity contribution < 1.29 is 19.6 Å². The Balaban J connectivity index is 1.19. The summed E-state index contributed by atoms with van der Waals surface area (Å²) in [4.78, 5) is 12.2. The Hall–Kier alpha value is -1.10. The molecule has 5 aliphatic rings. The molecule has 0 heterocycles. The van der Waals surface area contributed by atoms with Crippen LogP contribution in [-0.4, -0.2) is 24.1 Å². The zero-order chi connectivity index (χ0) is 18.4. The summed E-state index contributed by atoms with van der Waals surface area (Å²) in [5.74, 6) is 3.09. The number of para-hydroxylation sites is 1. The van der Waals surface area contributed by atoms with Gasteiger partial charge in [0, 0.05) is 18.9 Å². The zero-order valence-electron chi connectivity index (χ0n) is 16.3. The van der Waals surface area contributed by atoms with E-state index in [4.69, 9.17) is 14.5 Å². The number of aromatic hydroxyl groups is 1. The summed E-state index contributed by atoms with van der Waals surface area (Å²) in [6, 6.07) is 7.73. The van der Waals surface area contributed by atoms with E-state index < -0.39 is 5.79 Å². The second kappa shape index (κ2) is 7.06. The van der Waals surface area contributed by atoms with Crippen LogP contribution < -0.4 is 0 Å². The predicted octanol–water partition coefficient (Wildman–Crippen LogP) is 5.17. The van der Waals surface area contributed by atoms with Crippen LogP contribution in [0, 0.1) is 23.7 Å². The molecule has 0 spiro atoms. The first kappa shape index (κ1) is 18.0. The van der Waals surface area contributed by atoms with Crippen LogP contribution in [0.2, 0.25) is 0 Å². The maximum absolute atomic E-state index is 10.1. The lowest BCUT2D eigenvalue weighted by molar-refractivity contribution is -0.485. The van der Waals surface area contributed by atoms with E-state index in [1.165, 1.54) is 32.1 Å². The maximum atomic E-state index is 10.1. The van der Waals surface area contributed by atoms with Crippen molar-refractivity contribution in [3.63, 3.8) is 0 Å². The van der Waals surface area contributed by atoms with Crippen LogP contribution in [0.15, 0.2) is 24.3 Å². The Labute approximate surface area is 162 Å². The van der Waals surface area contributed by atoms with Gasteiger partial charge in [0.15, 0.2) is 0 Å². The van der Waals surface area contributed by atoms with E-state index in [1.807, 2.05) is 18.2 Å². The van der Waals surface area contributed by atoms with E-state index in [1.54, 1.807) is 13.2 Å². The number of ether oxygens (including phenoxy) is 1. The molecule has 0 unspecified atom stereocenters. The number of phenols is 1. The van der Waals surface area contributed by atoms with Gasteiger partial charge in [-0.1, -0.05) is 18.2 Å². The number of rotatable bonds is 5. The van der Waals surface area contributed by atoms with E-state index in [0.717, 1.165) is 43.1 Å². The molecular weight excluding hydrogens is 340 g/mol. The third-order valence-electron chi connectivity index (χ3n) is 7.96. The van der Waals surface area contributed by atoms with Gasteiger partial charge in [-0.2, -0.15) is 0 Å². The van der Waals surface area contributed by atoms with E-state index in [9.17, 15) is 5.11 Å². The van der Waals surface area contributed by atoms with Crippen molar-refractivity contribution in [3.05, 3.63) is 29.8 Å². The molecule has 4 bridgehead atoms. The molecule has 27 heavy (non-hydrogen) atoms. The number of hydrogen-bond acceptors (Lipinski definition) is 4. The van der Waals surface area contributed by atoms with Gasteiger partial charge in [0.2, 0.25) is 5.79 Å². The summed E-state index contributed by atoms with van der Waals surface area (Å²) in [5, 5.41) is 10.1. The minimum atomic E-state index is -0.512. The number of benzene rings is 1. The van der Waals surface area contributed by atoms with Crippen LogP contribution in [-0.2, 0) is 14.5 Å². The van der Waals surface area contributed by atoms with Gasteiger partial charge < -0.3 is 9.84 Å². The summed E-state index contributed by atoms with van der Waals surface area (Å²) in [6.07, 6.45) is 10.5. The van der Waals surface area contributed by atoms with Crippen molar-refractivity contribution in [3.8, 4) is 5.75 Å². The summed E-state index contributed by atoms with van der Waals surface area (Å²) in [7, 11) is 1.81. The van der Waals surface area contributed by atoms with Gasteiger partial charge in [-0.3, -0.25) is 0 Å². The van der Waals surface area contributed by atoms with E-state index in [2.05, 4.69) is 0 Å². The topological polar surface area (TPSA) is 47.9 Å². The highest BCUT2D eigenvalue weighted by molar-refractivity contribution is 5.35. The minimum Gasteiger partial charge on any atom is -0.508 e. The molecule has 4 heteroatoms. The minimum absolute atomic E-state index is 0.135. The number of methoxy groups -OCH3 is 1. The Morgan fingerprint density at radius 1 is 0.889 bits per heavy atom. The van der Waals surface area contributed by atoms with Gasteiger partial charge >= 0.3 is 0 Å². The molecule has 0 radical (unpaired) electrons. The molecule has 4 nitrogen and oxygen atoms in total. The van der Waals surface area contributed by atoms with Crippen LogP contribution in [0.4, 0.5) is 0 Å². The van der Waals surface area contributed by atoms with Crippen LogP contribution in [0.1, 0.15) is 69.3 Å². The van der Waals surface area contributed by atoms with Crippen molar-refractivity contribution in [2.75, 3.05) is 7.11 Å². The molecule has 0 aliphatic heterocycles. The van der Waals surface area contributed by atoms with Gasteiger partial charge in [0.25, 0.3) is 0 Å². The fourth-order valence-electron chi connectivity index (χ4n) is 6.79. The third-order valence-corrected chi connectivity index (χ3v) is 7.96. The smallest absolute Gasteiger partial charge is 0.207 e. The largest absolute Gasteiger partial charge is 0.508 e.